The van der Waals surface area contributed by atoms with E-state index in [4.69, 9.17) is 4.42 Å². The first kappa shape index (κ1) is 22.0. The lowest BCUT2D eigenvalue weighted by Crippen LogP contribution is -2.20. The molecule has 0 spiro atoms. The maximum Gasteiger partial charge on any atom is 0.416 e. The second-order valence-electron chi connectivity index (χ2n) is 7.62. The van der Waals surface area contributed by atoms with Gasteiger partial charge >= 0.3 is 6.18 Å². The quantitative estimate of drug-likeness (QED) is 0.321. The molecule has 3 aromatic carbocycles. The zero-order valence-electron chi connectivity index (χ0n) is 17.7. The van der Waals surface area contributed by atoms with Gasteiger partial charge in [-0.2, -0.15) is 18.4 Å². The maximum absolute atomic E-state index is 13.3. The first-order valence-corrected chi connectivity index (χ1v) is 10.3. The fraction of sp³-hybridized carbons (Fsp3) is 0.0385. The second kappa shape index (κ2) is 8.18. The minimum absolute atomic E-state index is 0.0440. The summed E-state index contributed by atoms with van der Waals surface area (Å²) in [6.45, 7) is 0. The molecule has 2 aromatic heterocycles. The number of benzene rings is 3. The Balaban J connectivity index is 1.77. The highest BCUT2D eigenvalue weighted by Gasteiger charge is 2.31. The van der Waals surface area contributed by atoms with Crippen LogP contribution < -0.4 is 5.56 Å². The summed E-state index contributed by atoms with van der Waals surface area (Å²) in [6, 6.07) is 19.3. The Bertz CT molecular complexity index is 1740. The predicted molar refractivity (Wildman–Crippen MR) is 124 cm³/mol. The number of rotatable bonds is 3. The van der Waals surface area contributed by atoms with Gasteiger partial charge in [-0.3, -0.25) is 9.79 Å². The van der Waals surface area contributed by atoms with Crippen molar-refractivity contribution in [1.29, 1.82) is 5.26 Å². The number of halogens is 3. The number of nitrogens with zero attached hydrogens (tertiary/aromatic N) is 3. The van der Waals surface area contributed by atoms with Crippen molar-refractivity contribution in [3.05, 3.63) is 100 Å². The van der Waals surface area contributed by atoms with Crippen LogP contribution in [0.2, 0.25) is 0 Å². The normalized spacial score (nSPS) is 11.9. The van der Waals surface area contributed by atoms with Crippen LogP contribution in [0.3, 0.4) is 0 Å². The van der Waals surface area contributed by atoms with Gasteiger partial charge in [-0.15, -0.1) is 0 Å². The molecule has 0 aliphatic carbocycles. The van der Waals surface area contributed by atoms with Gasteiger partial charge in [-0.25, -0.2) is 4.57 Å². The smallest absolute Gasteiger partial charge is 0.416 e. The van der Waals surface area contributed by atoms with E-state index in [-0.39, 0.29) is 28.1 Å². The molecule has 172 valence electrons. The molecule has 0 amide bonds. The molecule has 9 heteroatoms. The lowest BCUT2D eigenvalue weighted by atomic mass is 10.1. The number of nitriles is 1. The Morgan fingerprint density at radius 2 is 1.66 bits per heavy atom. The molecule has 0 aliphatic heterocycles. The van der Waals surface area contributed by atoms with Crippen LogP contribution in [0.1, 0.15) is 16.9 Å². The van der Waals surface area contributed by atoms with Crippen LogP contribution in [0, 0.1) is 11.3 Å². The molecular weight excluding hydrogens is 459 g/mol. The largest absolute Gasteiger partial charge is 0.494 e. The number of para-hydroxylation sites is 1. The van der Waals surface area contributed by atoms with Crippen LogP contribution in [0.25, 0.3) is 27.4 Å². The molecule has 35 heavy (non-hydrogen) atoms. The minimum atomic E-state index is -4.63. The molecule has 0 unspecified atom stereocenters. The third-order valence-corrected chi connectivity index (χ3v) is 5.53. The number of fused-ring (bicyclic) bond motifs is 2. The average Bonchev–Trinajstić information content (AvgIpc) is 3.21. The Labute approximate surface area is 195 Å². The summed E-state index contributed by atoms with van der Waals surface area (Å²) in [6.07, 6.45) is -3.37. The van der Waals surface area contributed by atoms with Crippen molar-refractivity contribution >= 4 is 33.6 Å². The highest BCUT2D eigenvalue weighted by molar-refractivity contribution is 6.04. The van der Waals surface area contributed by atoms with Crippen LogP contribution in [0.4, 0.5) is 18.9 Å². The Kier molecular flexibility index (Phi) is 5.14. The van der Waals surface area contributed by atoms with Gasteiger partial charge in [0.25, 0.3) is 5.56 Å². The zero-order chi connectivity index (χ0) is 24.7. The van der Waals surface area contributed by atoms with Gasteiger partial charge in [0.2, 0.25) is 11.6 Å². The van der Waals surface area contributed by atoms with Crippen molar-refractivity contribution < 1.29 is 22.7 Å². The number of aromatic nitrogens is 1. The van der Waals surface area contributed by atoms with Gasteiger partial charge in [-0.1, -0.05) is 36.4 Å². The van der Waals surface area contributed by atoms with E-state index in [1.54, 1.807) is 42.5 Å². The SMILES string of the molecule is N#Cc1oc2ccccc2c1N=Cc1c(O)n(-c2cccc(C(F)(F)F)c2)c(=O)c2ccccc12. The van der Waals surface area contributed by atoms with E-state index < -0.39 is 23.2 Å². The summed E-state index contributed by atoms with van der Waals surface area (Å²) in [5.74, 6) is -0.638. The summed E-state index contributed by atoms with van der Waals surface area (Å²) in [5, 5.41) is 21.6. The van der Waals surface area contributed by atoms with Gasteiger partial charge in [0.15, 0.2) is 0 Å². The maximum atomic E-state index is 13.3. The zero-order valence-corrected chi connectivity index (χ0v) is 17.7. The number of alkyl halides is 3. The van der Waals surface area contributed by atoms with Gasteiger partial charge < -0.3 is 9.52 Å². The Morgan fingerprint density at radius 1 is 0.971 bits per heavy atom. The van der Waals surface area contributed by atoms with Crippen LogP contribution in [-0.2, 0) is 6.18 Å². The molecular formula is C26H14F3N3O3. The summed E-state index contributed by atoms with van der Waals surface area (Å²) >= 11 is 0. The molecule has 0 aliphatic rings. The van der Waals surface area contributed by atoms with Crippen molar-refractivity contribution in [2.75, 3.05) is 0 Å². The number of hydrogen-bond donors (Lipinski definition) is 1. The second-order valence-corrected chi connectivity index (χ2v) is 7.62. The van der Waals surface area contributed by atoms with Crippen LogP contribution in [-0.4, -0.2) is 15.9 Å². The Hall–Kier alpha value is -4.84. The van der Waals surface area contributed by atoms with E-state index in [2.05, 4.69) is 4.99 Å². The lowest BCUT2D eigenvalue weighted by Gasteiger charge is -2.15. The standard InChI is InChI=1S/C26H14F3N3O3/c27-26(28,29)15-6-5-7-16(12-15)32-24(33)18-9-2-1-8-17(18)20(25(32)34)14-31-23-19-10-3-4-11-21(19)35-22(23)13-30/h1-12,14,34H. The molecule has 2 heterocycles. The van der Waals surface area contributed by atoms with Gasteiger partial charge in [-0.05, 0) is 36.4 Å². The van der Waals surface area contributed by atoms with E-state index in [1.165, 1.54) is 18.3 Å². The first-order valence-electron chi connectivity index (χ1n) is 10.3. The summed E-state index contributed by atoms with van der Waals surface area (Å²) in [4.78, 5) is 17.6. The highest BCUT2D eigenvalue weighted by atomic mass is 19.4. The minimum Gasteiger partial charge on any atom is -0.494 e. The lowest BCUT2D eigenvalue weighted by molar-refractivity contribution is -0.137. The Morgan fingerprint density at radius 3 is 2.37 bits per heavy atom. The summed E-state index contributed by atoms with van der Waals surface area (Å²) < 4.78 is 46.2. The fourth-order valence-electron chi connectivity index (χ4n) is 3.92. The molecule has 0 saturated carbocycles. The van der Waals surface area contributed by atoms with Crippen molar-refractivity contribution in [2.45, 2.75) is 6.18 Å². The number of hydrogen-bond acceptors (Lipinski definition) is 5. The molecule has 0 bridgehead atoms. The molecule has 6 nitrogen and oxygen atoms in total. The topological polar surface area (TPSA) is 91.5 Å². The first-order chi connectivity index (χ1) is 16.8. The van der Waals surface area contributed by atoms with Crippen molar-refractivity contribution in [3.63, 3.8) is 0 Å². The van der Waals surface area contributed by atoms with E-state index in [0.29, 0.717) is 16.4 Å². The third-order valence-electron chi connectivity index (χ3n) is 5.53. The molecule has 0 saturated heterocycles. The van der Waals surface area contributed by atoms with E-state index in [0.717, 1.165) is 22.8 Å². The van der Waals surface area contributed by atoms with E-state index in [9.17, 15) is 28.3 Å². The fourth-order valence-corrected chi connectivity index (χ4v) is 3.92. The molecule has 1 N–H and O–H groups in total. The number of aliphatic imine (C=N–C) groups is 1. The molecule has 5 rings (SSSR count). The summed E-state index contributed by atoms with van der Waals surface area (Å²) in [7, 11) is 0. The molecule has 0 fully saturated rings. The van der Waals surface area contributed by atoms with Crippen molar-refractivity contribution in [1.82, 2.24) is 4.57 Å². The number of pyridine rings is 1. The van der Waals surface area contributed by atoms with Crippen molar-refractivity contribution in [3.8, 4) is 17.6 Å². The van der Waals surface area contributed by atoms with Crippen LogP contribution in [0.5, 0.6) is 5.88 Å². The predicted octanol–water partition coefficient (Wildman–Crippen LogP) is 6.08. The molecule has 0 atom stereocenters. The molecule has 5 aromatic rings. The van der Waals surface area contributed by atoms with Gasteiger partial charge in [0.1, 0.15) is 17.3 Å². The number of furan rings is 1. The monoisotopic (exact) mass is 473 g/mol. The van der Waals surface area contributed by atoms with Crippen molar-refractivity contribution in [2.24, 2.45) is 4.99 Å². The summed E-state index contributed by atoms with van der Waals surface area (Å²) in [5.41, 5.74) is -1.06. The van der Waals surface area contributed by atoms with E-state index >= 15 is 0 Å². The van der Waals surface area contributed by atoms with Gasteiger partial charge in [0.05, 0.1) is 16.8 Å². The average molecular weight is 473 g/mol. The number of aromatic hydroxyl groups is 1. The molecule has 0 radical (unpaired) electrons. The van der Waals surface area contributed by atoms with Gasteiger partial charge in [0, 0.05) is 22.4 Å². The van der Waals surface area contributed by atoms with Crippen LogP contribution in [0.15, 0.2) is 87.0 Å². The van der Waals surface area contributed by atoms with Crippen LogP contribution >= 0.6 is 0 Å². The highest BCUT2D eigenvalue weighted by Crippen LogP contribution is 2.35. The van der Waals surface area contributed by atoms with E-state index in [1.807, 2.05) is 6.07 Å². The third kappa shape index (κ3) is 3.71.